The minimum absolute atomic E-state index is 0.179. The molecule has 1 amide bonds. The van der Waals surface area contributed by atoms with Crippen LogP contribution in [0.3, 0.4) is 0 Å². The Morgan fingerprint density at radius 1 is 0.938 bits per heavy atom. The molecule has 1 saturated heterocycles. The number of benzene rings is 2. The summed E-state index contributed by atoms with van der Waals surface area (Å²) in [5.41, 5.74) is 3.45. The van der Waals surface area contributed by atoms with Gasteiger partial charge >= 0.3 is 0 Å². The van der Waals surface area contributed by atoms with E-state index in [1.54, 1.807) is 35.4 Å². The average molecular weight is 470 g/mol. The molecule has 166 valence electrons. The van der Waals surface area contributed by atoms with Gasteiger partial charge in [0.25, 0.3) is 5.91 Å². The predicted molar refractivity (Wildman–Crippen MR) is 124 cm³/mol. The van der Waals surface area contributed by atoms with Gasteiger partial charge in [-0.2, -0.15) is 4.31 Å². The maximum absolute atomic E-state index is 13.2. The van der Waals surface area contributed by atoms with E-state index >= 15 is 0 Å². The number of halogens is 1. The number of amides is 1. The van der Waals surface area contributed by atoms with E-state index in [1.807, 2.05) is 18.2 Å². The molecule has 1 aliphatic carbocycles. The van der Waals surface area contributed by atoms with Crippen LogP contribution in [0.1, 0.15) is 34.3 Å². The summed E-state index contributed by atoms with van der Waals surface area (Å²) in [5, 5.41) is 1.28. The Kier molecular flexibility index (Phi) is 5.65. The first-order valence-electron chi connectivity index (χ1n) is 10.9. The highest BCUT2D eigenvalue weighted by Gasteiger charge is 2.31. The molecule has 32 heavy (non-hydrogen) atoms. The van der Waals surface area contributed by atoms with Crippen LogP contribution in [0.5, 0.6) is 0 Å². The molecular formula is C24H24ClN3O3S. The van der Waals surface area contributed by atoms with Crippen molar-refractivity contribution < 1.29 is 13.2 Å². The Labute approximate surface area is 192 Å². The van der Waals surface area contributed by atoms with Crippen molar-refractivity contribution >= 4 is 38.4 Å². The number of nitrogens with zero attached hydrogens (tertiary/aromatic N) is 3. The summed E-state index contributed by atoms with van der Waals surface area (Å²) in [6.07, 6.45) is 5.86. The molecule has 0 N–H and O–H groups in total. The highest BCUT2D eigenvalue weighted by Crippen LogP contribution is 2.27. The first-order chi connectivity index (χ1) is 15.4. The third kappa shape index (κ3) is 3.89. The minimum Gasteiger partial charge on any atom is -0.336 e. The second-order valence-corrected chi connectivity index (χ2v) is 10.7. The molecule has 2 aromatic carbocycles. The third-order valence-corrected chi connectivity index (χ3v) is 8.50. The van der Waals surface area contributed by atoms with Crippen LogP contribution in [-0.2, 0) is 22.9 Å². The van der Waals surface area contributed by atoms with Gasteiger partial charge in [0, 0.05) is 42.8 Å². The van der Waals surface area contributed by atoms with Crippen molar-refractivity contribution in [3.63, 3.8) is 0 Å². The Morgan fingerprint density at radius 3 is 2.47 bits per heavy atom. The van der Waals surface area contributed by atoms with Gasteiger partial charge in [-0.1, -0.05) is 23.7 Å². The molecule has 8 heteroatoms. The van der Waals surface area contributed by atoms with E-state index in [4.69, 9.17) is 11.6 Å². The monoisotopic (exact) mass is 469 g/mol. The van der Waals surface area contributed by atoms with Crippen molar-refractivity contribution in [3.05, 3.63) is 70.4 Å². The lowest BCUT2D eigenvalue weighted by molar-refractivity contribution is 0.0699. The second-order valence-electron chi connectivity index (χ2n) is 8.36. The summed E-state index contributed by atoms with van der Waals surface area (Å²) in [7, 11) is -3.59. The number of aryl methyl sites for hydroxylation is 2. The lowest BCUT2D eigenvalue weighted by Gasteiger charge is -2.34. The maximum Gasteiger partial charge on any atom is 0.256 e. The zero-order valence-electron chi connectivity index (χ0n) is 17.6. The van der Waals surface area contributed by atoms with E-state index in [1.165, 1.54) is 9.87 Å². The number of aromatic nitrogens is 1. The second kappa shape index (κ2) is 8.46. The van der Waals surface area contributed by atoms with E-state index in [0.717, 1.165) is 36.6 Å². The van der Waals surface area contributed by atoms with Crippen molar-refractivity contribution in [2.24, 2.45) is 0 Å². The van der Waals surface area contributed by atoms with E-state index in [2.05, 4.69) is 4.98 Å². The van der Waals surface area contributed by atoms with E-state index in [-0.39, 0.29) is 19.0 Å². The summed E-state index contributed by atoms with van der Waals surface area (Å²) < 4.78 is 27.9. The summed E-state index contributed by atoms with van der Waals surface area (Å²) in [4.78, 5) is 19.6. The fourth-order valence-corrected chi connectivity index (χ4v) is 6.34. The van der Waals surface area contributed by atoms with Gasteiger partial charge in [0.1, 0.15) is 0 Å². The molecule has 0 atom stereocenters. The summed E-state index contributed by atoms with van der Waals surface area (Å²) in [6, 6.07) is 12.6. The Hall–Kier alpha value is -2.48. The topological polar surface area (TPSA) is 70.6 Å². The highest BCUT2D eigenvalue weighted by molar-refractivity contribution is 7.89. The van der Waals surface area contributed by atoms with Crippen molar-refractivity contribution in [2.75, 3.05) is 26.2 Å². The molecule has 0 spiro atoms. The molecule has 3 aromatic rings. The Balaban J connectivity index is 1.34. The number of carbonyl (C=O) groups is 1. The summed E-state index contributed by atoms with van der Waals surface area (Å²) in [6.45, 7) is 1.17. The number of rotatable bonds is 3. The van der Waals surface area contributed by atoms with Crippen LogP contribution >= 0.6 is 11.6 Å². The number of pyridine rings is 1. The normalized spacial score (nSPS) is 17.3. The molecule has 0 unspecified atom stereocenters. The van der Waals surface area contributed by atoms with Crippen LogP contribution in [0.15, 0.2) is 53.6 Å². The van der Waals surface area contributed by atoms with E-state index < -0.39 is 10.0 Å². The Morgan fingerprint density at radius 2 is 1.69 bits per heavy atom. The number of piperazine rings is 1. The van der Waals surface area contributed by atoms with Crippen LogP contribution in [0.25, 0.3) is 10.9 Å². The van der Waals surface area contributed by atoms with Crippen LogP contribution in [-0.4, -0.2) is 54.7 Å². The SMILES string of the molecule is O=C(c1cc(Cl)cc2cccnc12)N1CCN(S(=O)(=O)c2ccc3c(c2)CCCC3)CC1. The van der Waals surface area contributed by atoms with E-state index in [0.29, 0.717) is 34.1 Å². The maximum atomic E-state index is 13.2. The smallest absolute Gasteiger partial charge is 0.256 e. The van der Waals surface area contributed by atoms with Crippen molar-refractivity contribution in [1.82, 2.24) is 14.2 Å². The molecule has 1 aliphatic heterocycles. The number of hydrogen-bond acceptors (Lipinski definition) is 4. The van der Waals surface area contributed by atoms with Crippen LogP contribution < -0.4 is 0 Å². The highest BCUT2D eigenvalue weighted by atomic mass is 35.5. The first-order valence-corrected chi connectivity index (χ1v) is 12.7. The molecule has 2 heterocycles. The van der Waals surface area contributed by atoms with Gasteiger partial charge in [-0.3, -0.25) is 9.78 Å². The lowest BCUT2D eigenvalue weighted by Crippen LogP contribution is -2.50. The summed E-state index contributed by atoms with van der Waals surface area (Å²) in [5.74, 6) is -0.179. The largest absolute Gasteiger partial charge is 0.336 e. The fraction of sp³-hybridized carbons (Fsp3) is 0.333. The molecule has 6 nitrogen and oxygen atoms in total. The average Bonchev–Trinajstić information content (AvgIpc) is 2.82. The standard InChI is InChI=1S/C24H24ClN3O3S/c25-20-14-19-6-3-9-26-23(19)22(16-20)24(29)27-10-12-28(13-11-27)32(30,31)21-8-7-17-4-1-2-5-18(17)15-21/h3,6-9,14-16H,1-2,4-5,10-13H2. The number of sulfonamides is 1. The van der Waals surface area contributed by atoms with Crippen LogP contribution in [0.4, 0.5) is 0 Å². The van der Waals surface area contributed by atoms with Gasteiger partial charge in [-0.25, -0.2) is 8.42 Å². The minimum atomic E-state index is -3.59. The zero-order valence-corrected chi connectivity index (χ0v) is 19.2. The van der Waals surface area contributed by atoms with Gasteiger partial charge in [-0.05, 0) is 67.1 Å². The molecule has 1 aromatic heterocycles. The van der Waals surface area contributed by atoms with Gasteiger partial charge < -0.3 is 4.90 Å². The van der Waals surface area contributed by atoms with Crippen LogP contribution in [0.2, 0.25) is 5.02 Å². The van der Waals surface area contributed by atoms with Crippen LogP contribution in [0, 0.1) is 0 Å². The number of fused-ring (bicyclic) bond motifs is 2. The molecule has 0 radical (unpaired) electrons. The molecule has 2 aliphatic rings. The number of hydrogen-bond donors (Lipinski definition) is 0. The van der Waals surface area contributed by atoms with Gasteiger partial charge in [0.15, 0.2) is 0 Å². The predicted octanol–water partition coefficient (Wildman–Crippen LogP) is 3.91. The summed E-state index contributed by atoms with van der Waals surface area (Å²) >= 11 is 6.22. The first kappa shape index (κ1) is 21.4. The third-order valence-electron chi connectivity index (χ3n) is 6.38. The molecule has 5 rings (SSSR count). The molecule has 1 fully saturated rings. The quantitative estimate of drug-likeness (QED) is 0.583. The lowest BCUT2D eigenvalue weighted by atomic mass is 9.92. The van der Waals surface area contributed by atoms with Crippen molar-refractivity contribution in [3.8, 4) is 0 Å². The fourth-order valence-electron chi connectivity index (χ4n) is 4.64. The number of carbonyl (C=O) groups excluding carboxylic acids is 1. The molecule has 0 saturated carbocycles. The zero-order chi connectivity index (χ0) is 22.3. The van der Waals surface area contributed by atoms with Crippen molar-refractivity contribution in [2.45, 2.75) is 30.6 Å². The molecular weight excluding hydrogens is 446 g/mol. The Bertz CT molecular complexity index is 1300. The van der Waals surface area contributed by atoms with Crippen molar-refractivity contribution in [1.29, 1.82) is 0 Å². The van der Waals surface area contributed by atoms with E-state index in [9.17, 15) is 13.2 Å². The van der Waals surface area contributed by atoms with Gasteiger partial charge in [0.2, 0.25) is 10.0 Å². The van der Waals surface area contributed by atoms with Gasteiger partial charge in [0.05, 0.1) is 16.0 Å². The molecule has 0 bridgehead atoms. The van der Waals surface area contributed by atoms with Gasteiger partial charge in [-0.15, -0.1) is 0 Å².